The molecular formula is C15H25ClN2O2. The molecule has 0 radical (unpaired) electrons. The summed E-state index contributed by atoms with van der Waals surface area (Å²) in [5, 5.41) is 6.09. The predicted octanol–water partition coefficient (Wildman–Crippen LogP) is 2.34. The van der Waals surface area contributed by atoms with E-state index in [9.17, 15) is 4.79 Å². The largest absolute Gasteiger partial charge is 0.497 e. The van der Waals surface area contributed by atoms with Crippen LogP contribution in [0.2, 0.25) is 0 Å². The Morgan fingerprint density at radius 3 is 2.75 bits per heavy atom. The molecule has 1 aromatic carbocycles. The molecule has 0 bridgehead atoms. The van der Waals surface area contributed by atoms with Crippen molar-refractivity contribution in [2.75, 3.05) is 26.7 Å². The SMILES string of the molecule is CCNCCNC(=O)CC(C)c1cccc(OC)c1.Cl. The van der Waals surface area contributed by atoms with E-state index in [4.69, 9.17) is 4.74 Å². The zero-order valence-electron chi connectivity index (χ0n) is 12.4. The number of rotatable bonds is 8. The van der Waals surface area contributed by atoms with E-state index in [0.717, 1.165) is 24.4 Å². The molecule has 20 heavy (non-hydrogen) atoms. The maximum Gasteiger partial charge on any atom is 0.220 e. The van der Waals surface area contributed by atoms with Crippen LogP contribution in [0.1, 0.15) is 31.7 Å². The molecule has 1 atom stereocenters. The van der Waals surface area contributed by atoms with E-state index in [-0.39, 0.29) is 24.2 Å². The first kappa shape index (κ1) is 18.7. The number of likely N-dealkylation sites (N-methyl/N-ethyl adjacent to an activating group) is 1. The summed E-state index contributed by atoms with van der Waals surface area (Å²) in [7, 11) is 1.65. The Kier molecular flexibility index (Phi) is 9.86. The standard InChI is InChI=1S/C15H24N2O2.ClH/c1-4-16-8-9-17-15(18)10-12(2)13-6-5-7-14(11-13)19-3;/h5-7,11-12,16H,4,8-10H2,1-3H3,(H,17,18);1H. The molecule has 0 aromatic heterocycles. The summed E-state index contributed by atoms with van der Waals surface area (Å²) in [6, 6.07) is 7.87. The lowest BCUT2D eigenvalue weighted by molar-refractivity contribution is -0.121. The number of benzene rings is 1. The Labute approximate surface area is 127 Å². The Bertz CT molecular complexity index is 399. The Balaban J connectivity index is 0.00000361. The highest BCUT2D eigenvalue weighted by Crippen LogP contribution is 2.22. The van der Waals surface area contributed by atoms with Crippen LogP contribution in [0.5, 0.6) is 5.75 Å². The summed E-state index contributed by atoms with van der Waals surface area (Å²) in [6.07, 6.45) is 0.499. The molecular weight excluding hydrogens is 276 g/mol. The molecule has 1 rings (SSSR count). The number of nitrogens with one attached hydrogen (secondary N) is 2. The number of halogens is 1. The van der Waals surface area contributed by atoms with Gasteiger partial charge < -0.3 is 15.4 Å². The number of methoxy groups -OCH3 is 1. The van der Waals surface area contributed by atoms with Crippen LogP contribution in [-0.2, 0) is 4.79 Å². The van der Waals surface area contributed by atoms with Crippen molar-refractivity contribution < 1.29 is 9.53 Å². The number of carbonyl (C=O) groups excluding carboxylic acids is 1. The summed E-state index contributed by atoms with van der Waals surface area (Å²) in [5.41, 5.74) is 1.13. The number of hydrogen-bond acceptors (Lipinski definition) is 3. The van der Waals surface area contributed by atoms with E-state index < -0.39 is 0 Å². The quantitative estimate of drug-likeness (QED) is 0.725. The van der Waals surface area contributed by atoms with Crippen molar-refractivity contribution in [1.29, 1.82) is 0 Å². The molecule has 0 heterocycles. The van der Waals surface area contributed by atoms with Crippen LogP contribution in [0.15, 0.2) is 24.3 Å². The topological polar surface area (TPSA) is 50.4 Å². The van der Waals surface area contributed by atoms with Crippen LogP contribution in [-0.4, -0.2) is 32.7 Å². The van der Waals surface area contributed by atoms with Crippen molar-refractivity contribution in [2.24, 2.45) is 0 Å². The molecule has 0 aliphatic rings. The van der Waals surface area contributed by atoms with Gasteiger partial charge in [-0.1, -0.05) is 26.0 Å². The van der Waals surface area contributed by atoms with E-state index in [1.807, 2.05) is 31.2 Å². The summed E-state index contributed by atoms with van der Waals surface area (Å²) >= 11 is 0. The van der Waals surface area contributed by atoms with E-state index >= 15 is 0 Å². The lowest BCUT2D eigenvalue weighted by Gasteiger charge is -2.13. The average molecular weight is 301 g/mol. The lowest BCUT2D eigenvalue weighted by atomic mass is 9.97. The first-order chi connectivity index (χ1) is 9.17. The molecule has 1 aromatic rings. The highest BCUT2D eigenvalue weighted by Gasteiger charge is 2.11. The van der Waals surface area contributed by atoms with Crippen molar-refractivity contribution in [3.05, 3.63) is 29.8 Å². The van der Waals surface area contributed by atoms with Gasteiger partial charge in [0.25, 0.3) is 0 Å². The zero-order chi connectivity index (χ0) is 14.1. The summed E-state index contributed by atoms with van der Waals surface area (Å²) in [6.45, 7) is 6.52. The van der Waals surface area contributed by atoms with E-state index in [2.05, 4.69) is 17.6 Å². The van der Waals surface area contributed by atoms with Gasteiger partial charge in [0.1, 0.15) is 5.75 Å². The van der Waals surface area contributed by atoms with E-state index in [0.29, 0.717) is 13.0 Å². The minimum absolute atomic E-state index is 0. The summed E-state index contributed by atoms with van der Waals surface area (Å²) < 4.78 is 5.19. The molecule has 5 heteroatoms. The van der Waals surface area contributed by atoms with Gasteiger partial charge in [-0.05, 0) is 30.2 Å². The average Bonchev–Trinajstić information content (AvgIpc) is 2.43. The maximum atomic E-state index is 11.8. The van der Waals surface area contributed by atoms with Gasteiger partial charge in [0.2, 0.25) is 5.91 Å². The number of ether oxygens (including phenoxy) is 1. The normalized spacial score (nSPS) is 11.3. The molecule has 0 spiro atoms. The Hall–Kier alpha value is -1.26. The van der Waals surface area contributed by atoms with Crippen LogP contribution < -0.4 is 15.4 Å². The second kappa shape index (κ2) is 10.5. The van der Waals surface area contributed by atoms with Crippen LogP contribution >= 0.6 is 12.4 Å². The smallest absolute Gasteiger partial charge is 0.220 e. The third-order valence-electron chi connectivity index (χ3n) is 3.03. The van der Waals surface area contributed by atoms with Gasteiger partial charge in [0.15, 0.2) is 0 Å². The molecule has 0 saturated carbocycles. The number of amides is 1. The molecule has 114 valence electrons. The van der Waals surface area contributed by atoms with Crippen LogP contribution in [0, 0.1) is 0 Å². The fourth-order valence-corrected chi connectivity index (χ4v) is 1.88. The van der Waals surface area contributed by atoms with Gasteiger partial charge in [-0.25, -0.2) is 0 Å². The van der Waals surface area contributed by atoms with Crippen LogP contribution in [0.4, 0.5) is 0 Å². The van der Waals surface area contributed by atoms with E-state index in [1.54, 1.807) is 7.11 Å². The Morgan fingerprint density at radius 1 is 1.35 bits per heavy atom. The Morgan fingerprint density at radius 2 is 2.10 bits per heavy atom. The molecule has 4 nitrogen and oxygen atoms in total. The monoisotopic (exact) mass is 300 g/mol. The molecule has 0 aliphatic heterocycles. The zero-order valence-corrected chi connectivity index (χ0v) is 13.3. The van der Waals surface area contributed by atoms with Gasteiger partial charge in [-0.2, -0.15) is 0 Å². The van der Waals surface area contributed by atoms with Crippen molar-refractivity contribution >= 4 is 18.3 Å². The molecule has 0 fully saturated rings. The van der Waals surface area contributed by atoms with Gasteiger partial charge in [0, 0.05) is 19.5 Å². The summed E-state index contributed by atoms with van der Waals surface area (Å²) in [4.78, 5) is 11.8. The van der Waals surface area contributed by atoms with Crippen molar-refractivity contribution in [3.8, 4) is 5.75 Å². The molecule has 0 aliphatic carbocycles. The molecule has 1 unspecified atom stereocenters. The van der Waals surface area contributed by atoms with Crippen LogP contribution in [0.25, 0.3) is 0 Å². The number of carbonyl (C=O) groups is 1. The maximum absolute atomic E-state index is 11.8. The second-order valence-electron chi connectivity index (χ2n) is 4.59. The lowest BCUT2D eigenvalue weighted by Crippen LogP contribution is -2.32. The second-order valence-corrected chi connectivity index (χ2v) is 4.59. The third kappa shape index (κ3) is 6.78. The summed E-state index contributed by atoms with van der Waals surface area (Å²) in [5.74, 6) is 1.11. The van der Waals surface area contributed by atoms with Gasteiger partial charge in [0.05, 0.1) is 7.11 Å². The highest BCUT2D eigenvalue weighted by atomic mass is 35.5. The highest BCUT2D eigenvalue weighted by molar-refractivity contribution is 5.85. The molecule has 1 amide bonds. The van der Waals surface area contributed by atoms with Gasteiger partial charge in [-0.15, -0.1) is 12.4 Å². The minimum Gasteiger partial charge on any atom is -0.497 e. The van der Waals surface area contributed by atoms with Crippen molar-refractivity contribution in [1.82, 2.24) is 10.6 Å². The van der Waals surface area contributed by atoms with Gasteiger partial charge >= 0.3 is 0 Å². The minimum atomic E-state index is 0. The van der Waals surface area contributed by atoms with Crippen molar-refractivity contribution in [3.63, 3.8) is 0 Å². The van der Waals surface area contributed by atoms with E-state index in [1.165, 1.54) is 0 Å². The fourth-order valence-electron chi connectivity index (χ4n) is 1.88. The van der Waals surface area contributed by atoms with Gasteiger partial charge in [-0.3, -0.25) is 4.79 Å². The molecule has 2 N–H and O–H groups in total. The fraction of sp³-hybridized carbons (Fsp3) is 0.533. The van der Waals surface area contributed by atoms with Crippen molar-refractivity contribution in [2.45, 2.75) is 26.2 Å². The predicted molar refractivity (Wildman–Crippen MR) is 84.8 cm³/mol. The first-order valence-electron chi connectivity index (χ1n) is 6.78. The number of hydrogen-bond donors (Lipinski definition) is 2. The molecule has 0 saturated heterocycles. The first-order valence-corrected chi connectivity index (χ1v) is 6.78. The van der Waals surface area contributed by atoms with Crippen LogP contribution in [0.3, 0.4) is 0 Å². The third-order valence-corrected chi connectivity index (χ3v) is 3.03.